The van der Waals surface area contributed by atoms with E-state index < -0.39 is 35.3 Å². The standard InChI is InChI=1S/C15H17F2NO3/c16-11-4-3-5-12(17)10(11)8-13(19)18-9-15(14(20)21)6-1-2-7-15/h3-5H,1-2,6-9H2,(H,18,19)(H,20,21). The van der Waals surface area contributed by atoms with Crippen LogP contribution in [-0.4, -0.2) is 23.5 Å². The minimum absolute atomic E-state index is 0.00274. The molecule has 1 aromatic carbocycles. The van der Waals surface area contributed by atoms with Gasteiger partial charge >= 0.3 is 5.97 Å². The van der Waals surface area contributed by atoms with E-state index in [4.69, 9.17) is 0 Å². The first-order valence-corrected chi connectivity index (χ1v) is 6.88. The van der Waals surface area contributed by atoms with Crippen molar-refractivity contribution in [1.29, 1.82) is 0 Å². The van der Waals surface area contributed by atoms with Gasteiger partial charge in [0.05, 0.1) is 11.8 Å². The molecule has 1 fully saturated rings. The molecule has 0 aromatic heterocycles. The molecule has 6 heteroatoms. The van der Waals surface area contributed by atoms with Crippen molar-refractivity contribution in [3.05, 3.63) is 35.4 Å². The van der Waals surface area contributed by atoms with Gasteiger partial charge in [0.25, 0.3) is 0 Å². The third-order valence-corrected chi connectivity index (χ3v) is 4.04. The van der Waals surface area contributed by atoms with Crippen molar-refractivity contribution in [1.82, 2.24) is 5.32 Å². The average Bonchev–Trinajstić information content (AvgIpc) is 2.91. The molecular weight excluding hydrogens is 280 g/mol. The zero-order chi connectivity index (χ0) is 15.5. The number of amides is 1. The molecule has 0 radical (unpaired) electrons. The van der Waals surface area contributed by atoms with Gasteiger partial charge in [0.1, 0.15) is 11.6 Å². The number of hydrogen-bond donors (Lipinski definition) is 2. The van der Waals surface area contributed by atoms with E-state index in [1.165, 1.54) is 6.07 Å². The van der Waals surface area contributed by atoms with Crippen molar-refractivity contribution in [3.8, 4) is 0 Å². The molecule has 0 saturated heterocycles. The smallest absolute Gasteiger partial charge is 0.311 e. The van der Waals surface area contributed by atoms with E-state index in [1.807, 2.05) is 0 Å². The molecule has 0 heterocycles. The Morgan fingerprint density at radius 1 is 1.19 bits per heavy atom. The summed E-state index contributed by atoms with van der Waals surface area (Å²) in [4.78, 5) is 23.1. The Kier molecular flexibility index (Phi) is 4.55. The maximum atomic E-state index is 13.4. The highest BCUT2D eigenvalue weighted by Gasteiger charge is 2.41. The molecule has 1 amide bonds. The first-order valence-electron chi connectivity index (χ1n) is 6.88. The number of halogens is 2. The second kappa shape index (κ2) is 6.20. The van der Waals surface area contributed by atoms with E-state index in [1.54, 1.807) is 0 Å². The fraction of sp³-hybridized carbons (Fsp3) is 0.467. The van der Waals surface area contributed by atoms with Crippen molar-refractivity contribution < 1.29 is 23.5 Å². The predicted molar refractivity (Wildman–Crippen MR) is 71.6 cm³/mol. The molecule has 2 rings (SSSR count). The topological polar surface area (TPSA) is 66.4 Å². The molecule has 0 aliphatic heterocycles. The van der Waals surface area contributed by atoms with Crippen LogP contribution in [0, 0.1) is 17.0 Å². The highest BCUT2D eigenvalue weighted by molar-refractivity contribution is 5.80. The fourth-order valence-corrected chi connectivity index (χ4v) is 2.71. The Balaban J connectivity index is 1.98. The van der Waals surface area contributed by atoms with Crippen LogP contribution in [0.2, 0.25) is 0 Å². The molecule has 0 spiro atoms. The van der Waals surface area contributed by atoms with Crippen LogP contribution in [0.3, 0.4) is 0 Å². The lowest BCUT2D eigenvalue weighted by atomic mass is 9.86. The first-order chi connectivity index (χ1) is 9.94. The molecule has 1 aliphatic rings. The summed E-state index contributed by atoms with van der Waals surface area (Å²) >= 11 is 0. The fourth-order valence-electron chi connectivity index (χ4n) is 2.71. The lowest BCUT2D eigenvalue weighted by molar-refractivity contribution is -0.148. The van der Waals surface area contributed by atoms with Crippen LogP contribution in [0.4, 0.5) is 8.78 Å². The lowest BCUT2D eigenvalue weighted by Gasteiger charge is -2.24. The molecule has 1 saturated carbocycles. The maximum Gasteiger partial charge on any atom is 0.311 e. The molecule has 1 aromatic rings. The molecular formula is C15H17F2NO3. The third-order valence-electron chi connectivity index (χ3n) is 4.04. The van der Waals surface area contributed by atoms with E-state index in [0.717, 1.165) is 25.0 Å². The number of hydrogen-bond acceptors (Lipinski definition) is 2. The number of carboxylic acid groups (broad SMARTS) is 1. The van der Waals surface area contributed by atoms with Gasteiger partial charge < -0.3 is 10.4 Å². The number of nitrogens with one attached hydrogen (secondary N) is 1. The van der Waals surface area contributed by atoms with Gasteiger partial charge in [0, 0.05) is 12.1 Å². The number of carbonyl (C=O) groups is 2. The normalized spacial score (nSPS) is 16.7. The lowest BCUT2D eigenvalue weighted by Crippen LogP contribution is -2.41. The highest BCUT2D eigenvalue weighted by atomic mass is 19.1. The average molecular weight is 297 g/mol. The zero-order valence-electron chi connectivity index (χ0n) is 11.5. The summed E-state index contributed by atoms with van der Waals surface area (Å²) in [6, 6.07) is 3.40. The Morgan fingerprint density at radius 3 is 2.29 bits per heavy atom. The minimum Gasteiger partial charge on any atom is -0.481 e. The molecule has 0 atom stereocenters. The number of carboxylic acids is 1. The van der Waals surface area contributed by atoms with Gasteiger partial charge in [-0.15, -0.1) is 0 Å². The largest absolute Gasteiger partial charge is 0.481 e. The van der Waals surface area contributed by atoms with Gasteiger partial charge in [-0.3, -0.25) is 9.59 Å². The van der Waals surface area contributed by atoms with Crippen LogP contribution in [-0.2, 0) is 16.0 Å². The van der Waals surface area contributed by atoms with E-state index >= 15 is 0 Å². The summed E-state index contributed by atoms with van der Waals surface area (Å²) in [5.41, 5.74) is -1.24. The molecule has 1 aliphatic carbocycles. The van der Waals surface area contributed by atoms with Crippen molar-refractivity contribution >= 4 is 11.9 Å². The summed E-state index contributed by atoms with van der Waals surface area (Å²) in [5.74, 6) is -3.07. The number of rotatable bonds is 5. The SMILES string of the molecule is O=C(Cc1c(F)cccc1F)NCC1(C(=O)O)CCCC1. The predicted octanol–water partition coefficient (Wildman–Crippen LogP) is 2.27. The molecule has 0 unspecified atom stereocenters. The van der Waals surface area contributed by atoms with Crippen molar-refractivity contribution in [2.75, 3.05) is 6.54 Å². The molecule has 21 heavy (non-hydrogen) atoms. The maximum absolute atomic E-state index is 13.4. The van der Waals surface area contributed by atoms with Crippen molar-refractivity contribution in [2.24, 2.45) is 5.41 Å². The van der Waals surface area contributed by atoms with E-state index in [9.17, 15) is 23.5 Å². The monoisotopic (exact) mass is 297 g/mol. The van der Waals surface area contributed by atoms with Crippen molar-refractivity contribution in [3.63, 3.8) is 0 Å². The highest BCUT2D eigenvalue weighted by Crippen LogP contribution is 2.37. The summed E-state index contributed by atoms with van der Waals surface area (Å²) in [6.07, 6.45) is 2.20. The summed E-state index contributed by atoms with van der Waals surface area (Å²) in [7, 11) is 0. The van der Waals surface area contributed by atoms with Gasteiger partial charge in [-0.1, -0.05) is 18.9 Å². The number of benzene rings is 1. The Hall–Kier alpha value is -1.98. The van der Waals surface area contributed by atoms with Crippen LogP contribution >= 0.6 is 0 Å². The van der Waals surface area contributed by atoms with E-state index in [2.05, 4.69) is 5.32 Å². The van der Waals surface area contributed by atoms with Crippen LogP contribution in [0.15, 0.2) is 18.2 Å². The van der Waals surface area contributed by atoms with Gasteiger partial charge in [0.15, 0.2) is 0 Å². The number of aliphatic carboxylic acids is 1. The summed E-state index contributed by atoms with van der Waals surface area (Å²) < 4.78 is 26.9. The third kappa shape index (κ3) is 3.37. The first kappa shape index (κ1) is 15.4. The van der Waals surface area contributed by atoms with Gasteiger partial charge in [-0.2, -0.15) is 0 Å². The summed E-state index contributed by atoms with van der Waals surface area (Å²) in [6.45, 7) is -0.00274. The van der Waals surface area contributed by atoms with Crippen LogP contribution in [0.1, 0.15) is 31.2 Å². The second-order valence-electron chi connectivity index (χ2n) is 5.45. The van der Waals surface area contributed by atoms with Crippen molar-refractivity contribution in [2.45, 2.75) is 32.1 Å². The van der Waals surface area contributed by atoms with Crippen LogP contribution in [0.25, 0.3) is 0 Å². The van der Waals surface area contributed by atoms with Crippen LogP contribution < -0.4 is 5.32 Å². The Labute approximate surface area is 121 Å². The van der Waals surface area contributed by atoms with Gasteiger partial charge in [-0.05, 0) is 25.0 Å². The van der Waals surface area contributed by atoms with Gasteiger partial charge in [0.2, 0.25) is 5.91 Å². The minimum atomic E-state index is -0.941. The quantitative estimate of drug-likeness (QED) is 0.876. The molecule has 0 bridgehead atoms. The molecule has 114 valence electrons. The second-order valence-corrected chi connectivity index (χ2v) is 5.45. The van der Waals surface area contributed by atoms with Gasteiger partial charge in [-0.25, -0.2) is 8.78 Å². The van der Waals surface area contributed by atoms with E-state index in [0.29, 0.717) is 12.8 Å². The molecule has 2 N–H and O–H groups in total. The zero-order valence-corrected chi connectivity index (χ0v) is 11.5. The Bertz CT molecular complexity index is 534. The van der Waals surface area contributed by atoms with Crippen LogP contribution in [0.5, 0.6) is 0 Å². The summed E-state index contributed by atoms with van der Waals surface area (Å²) in [5, 5.41) is 11.8. The number of carbonyl (C=O) groups excluding carboxylic acids is 1. The molecule has 4 nitrogen and oxygen atoms in total. The Morgan fingerprint density at radius 2 is 1.76 bits per heavy atom. The van der Waals surface area contributed by atoms with E-state index in [-0.39, 0.29) is 12.1 Å².